The molecule has 1 saturated carbocycles. The Balaban J connectivity index is 0.829. The van der Waals surface area contributed by atoms with Gasteiger partial charge in [-0.05, 0) is 98.9 Å². The SMILES string of the molecule is Cc1ccccc1[C@@H]1CCCN1C1CC2(CCN(c3ccc(C(=O)NS(=O)(=O)c4cc5c(c([N+](=O)[O-])c4)N[C@@H](CN4CCOCC4)CO5)c(N4c5cc6cc[nH]c6nc5O[C@@H]5COC[C@H]54)c3)CC2)C1. The number of rotatable bonds is 10. The van der Waals surface area contributed by atoms with Crippen molar-refractivity contribution >= 4 is 55.4 Å². The van der Waals surface area contributed by atoms with Crippen LogP contribution in [0, 0.1) is 22.5 Å². The molecule has 4 atom stereocenters. The van der Waals surface area contributed by atoms with Crippen molar-refractivity contribution in [3.05, 3.63) is 99.7 Å². The van der Waals surface area contributed by atoms with Gasteiger partial charge in [-0.2, -0.15) is 4.98 Å². The number of hydrogen-bond donors (Lipinski definition) is 3. The fourth-order valence-corrected chi connectivity index (χ4v) is 13.2. The van der Waals surface area contributed by atoms with Gasteiger partial charge in [0.2, 0.25) is 5.88 Å². The number of anilines is 4. The van der Waals surface area contributed by atoms with Gasteiger partial charge >= 0.3 is 0 Å². The second-order valence-electron chi connectivity index (χ2n) is 19.9. The quantitative estimate of drug-likeness (QED) is 0.104. The highest BCUT2D eigenvalue weighted by atomic mass is 32.2. The molecule has 6 aliphatic heterocycles. The summed E-state index contributed by atoms with van der Waals surface area (Å²) in [5, 5.41) is 16.5. The van der Waals surface area contributed by atoms with Crippen LogP contribution in [-0.2, 0) is 19.5 Å². The molecule has 1 spiro atoms. The fraction of sp³-hybridized carbons (Fsp3) is 0.480. The van der Waals surface area contributed by atoms with Gasteiger partial charge in [0.05, 0.1) is 59.6 Å². The van der Waals surface area contributed by atoms with Crippen molar-refractivity contribution in [2.75, 3.05) is 87.4 Å². The number of carbonyl (C=O) groups excluding carboxylic acids is 1. The van der Waals surface area contributed by atoms with E-state index in [1.54, 1.807) is 12.3 Å². The molecule has 1 amide bonds. The van der Waals surface area contributed by atoms with Gasteiger partial charge in [-0.3, -0.25) is 24.7 Å². The van der Waals surface area contributed by atoms with E-state index in [2.05, 4.69) is 60.9 Å². The Hall–Kier alpha value is -5.99. The first kappa shape index (κ1) is 44.2. The maximum atomic E-state index is 14.7. The summed E-state index contributed by atoms with van der Waals surface area (Å²) >= 11 is 0. The minimum absolute atomic E-state index is 0.0179. The lowest BCUT2D eigenvalue weighted by Gasteiger charge is -2.56. The van der Waals surface area contributed by atoms with E-state index in [4.69, 9.17) is 23.9 Å². The van der Waals surface area contributed by atoms with Crippen LogP contribution >= 0.6 is 0 Å². The van der Waals surface area contributed by atoms with E-state index in [0.29, 0.717) is 73.4 Å². The lowest BCUT2D eigenvalue weighted by atomic mass is 9.59. The van der Waals surface area contributed by atoms with Crippen LogP contribution in [0.2, 0.25) is 0 Å². The Labute approximate surface area is 400 Å². The monoisotopic (exact) mass is 959 g/mol. The normalized spacial score (nSPS) is 24.7. The van der Waals surface area contributed by atoms with Crippen LogP contribution in [-0.4, -0.2) is 136 Å². The van der Waals surface area contributed by atoms with E-state index in [0.717, 1.165) is 62.7 Å². The molecule has 0 unspecified atom stereocenters. The Morgan fingerprint density at radius 3 is 2.59 bits per heavy atom. The molecule has 5 aromatic rings. The number of nitrogens with one attached hydrogen (secondary N) is 3. The number of hydrogen-bond acceptors (Lipinski definition) is 15. The van der Waals surface area contributed by atoms with E-state index in [1.807, 2.05) is 29.2 Å². The lowest BCUT2D eigenvalue weighted by Crippen LogP contribution is -2.55. The molecule has 7 aliphatic rings. The number of nitro groups is 1. The van der Waals surface area contributed by atoms with Crippen molar-refractivity contribution in [2.24, 2.45) is 5.41 Å². The molecular formula is C50H57N9O9S. The fourth-order valence-electron chi connectivity index (χ4n) is 12.2. The first-order valence-electron chi connectivity index (χ1n) is 24.3. The molecule has 5 fully saturated rings. The minimum Gasteiger partial charge on any atom is -0.489 e. The molecule has 2 aromatic heterocycles. The minimum atomic E-state index is -4.68. The highest BCUT2D eigenvalue weighted by molar-refractivity contribution is 7.90. The number of amides is 1. The van der Waals surface area contributed by atoms with Crippen LogP contribution in [0.4, 0.5) is 28.4 Å². The summed E-state index contributed by atoms with van der Waals surface area (Å²) in [6.45, 7) is 9.05. The average Bonchev–Trinajstić information content (AvgIpc) is 4.14. The van der Waals surface area contributed by atoms with Crippen LogP contribution in [0.3, 0.4) is 0 Å². The second-order valence-corrected chi connectivity index (χ2v) is 21.6. The van der Waals surface area contributed by atoms with Gasteiger partial charge in [0.25, 0.3) is 21.6 Å². The lowest BCUT2D eigenvalue weighted by molar-refractivity contribution is -0.384. The summed E-state index contributed by atoms with van der Waals surface area (Å²) in [7, 11) is -4.68. The van der Waals surface area contributed by atoms with Crippen LogP contribution in [0.15, 0.2) is 77.8 Å². The van der Waals surface area contributed by atoms with E-state index >= 15 is 0 Å². The number of aryl methyl sites for hydroxylation is 1. The third kappa shape index (κ3) is 8.10. The first-order chi connectivity index (χ1) is 33.5. The number of nitrogens with zero attached hydrogens (tertiary/aromatic N) is 6. The average molecular weight is 960 g/mol. The molecule has 8 heterocycles. The van der Waals surface area contributed by atoms with Crippen LogP contribution in [0.25, 0.3) is 11.0 Å². The molecule has 12 rings (SSSR count). The number of morpholine rings is 1. The number of aromatic nitrogens is 2. The molecule has 0 bridgehead atoms. The number of aromatic amines is 1. The molecule has 19 heteroatoms. The van der Waals surface area contributed by atoms with Crippen LogP contribution in [0.5, 0.6) is 11.6 Å². The summed E-state index contributed by atoms with van der Waals surface area (Å²) in [6, 6.07) is 20.9. The topological polar surface area (TPSA) is 197 Å². The highest BCUT2D eigenvalue weighted by Gasteiger charge is 2.50. The predicted octanol–water partition coefficient (Wildman–Crippen LogP) is 6.29. The third-order valence-electron chi connectivity index (χ3n) is 15.8. The largest absolute Gasteiger partial charge is 0.489 e. The molecule has 362 valence electrons. The van der Waals surface area contributed by atoms with Gasteiger partial charge < -0.3 is 39.0 Å². The summed E-state index contributed by atoms with van der Waals surface area (Å²) in [4.78, 5) is 43.4. The number of likely N-dealkylation sites (tertiary alicyclic amines) is 1. The second kappa shape index (κ2) is 17.4. The standard InChI is InChI=1S/C50H57N9O9S/c1-31-5-2-3-6-37(31)39-7-4-14-57(39)35-25-50(26-35)11-15-56(16-12-50)34-8-9-38(40(22-34)58-42-21-32-10-13-51-47(32)53-49(42)68-45-30-66-29-43(45)58)48(60)54-69(63,64)36-23-41(59(61)62)46-44(24-36)67-28-33(52-46)27-55-17-19-65-20-18-55/h2-3,5-6,8-10,13,21-24,33,35,39,43,45,52H,4,7,11-12,14-20,25-30H2,1H3,(H,51,53)(H,54,60)/t33-,39-,43+,45+/m0/s1. The third-order valence-corrected chi connectivity index (χ3v) is 17.1. The molecule has 18 nitrogen and oxygen atoms in total. The molecular weight excluding hydrogens is 903 g/mol. The van der Waals surface area contributed by atoms with Crippen molar-refractivity contribution in [1.29, 1.82) is 0 Å². The molecule has 4 saturated heterocycles. The van der Waals surface area contributed by atoms with Gasteiger partial charge in [0, 0.05) is 74.2 Å². The molecule has 3 N–H and O–H groups in total. The number of nitro benzene ring substituents is 1. The maximum absolute atomic E-state index is 14.7. The van der Waals surface area contributed by atoms with Crippen LogP contribution < -0.4 is 29.3 Å². The Kier molecular flexibility index (Phi) is 11.2. The van der Waals surface area contributed by atoms with Crippen molar-refractivity contribution in [1.82, 2.24) is 24.5 Å². The smallest absolute Gasteiger partial charge is 0.297 e. The van der Waals surface area contributed by atoms with Crippen molar-refractivity contribution in [3.63, 3.8) is 0 Å². The maximum Gasteiger partial charge on any atom is 0.297 e. The van der Waals surface area contributed by atoms with Gasteiger partial charge in [0.1, 0.15) is 24.0 Å². The van der Waals surface area contributed by atoms with Gasteiger partial charge in [-0.25, -0.2) is 13.1 Å². The van der Waals surface area contributed by atoms with Crippen molar-refractivity contribution < 1.29 is 37.1 Å². The molecule has 3 aromatic carbocycles. The zero-order valence-electron chi connectivity index (χ0n) is 38.6. The number of sulfonamides is 1. The van der Waals surface area contributed by atoms with Gasteiger partial charge in [-0.1, -0.05) is 24.3 Å². The predicted molar refractivity (Wildman–Crippen MR) is 258 cm³/mol. The van der Waals surface area contributed by atoms with Crippen molar-refractivity contribution in [2.45, 2.75) is 80.6 Å². The Bertz CT molecular complexity index is 2930. The molecule has 1 aliphatic carbocycles. The number of benzene rings is 3. The number of ether oxygens (including phenoxy) is 4. The van der Waals surface area contributed by atoms with Gasteiger partial charge in [-0.15, -0.1) is 0 Å². The number of piperidine rings is 1. The zero-order valence-corrected chi connectivity index (χ0v) is 39.4. The summed E-state index contributed by atoms with van der Waals surface area (Å²) in [5.41, 5.74) is 5.49. The summed E-state index contributed by atoms with van der Waals surface area (Å²) in [6.07, 6.45) is 8.32. The molecule has 69 heavy (non-hydrogen) atoms. The van der Waals surface area contributed by atoms with E-state index in [9.17, 15) is 23.3 Å². The zero-order chi connectivity index (χ0) is 47.0. The van der Waals surface area contributed by atoms with E-state index in [1.165, 1.54) is 42.9 Å². The molecule has 0 radical (unpaired) electrons. The van der Waals surface area contributed by atoms with E-state index < -0.39 is 37.5 Å². The summed E-state index contributed by atoms with van der Waals surface area (Å²) in [5.74, 6) is -0.514. The van der Waals surface area contributed by atoms with Crippen molar-refractivity contribution in [3.8, 4) is 11.6 Å². The van der Waals surface area contributed by atoms with E-state index in [-0.39, 0.29) is 35.7 Å². The first-order valence-corrected chi connectivity index (χ1v) is 25.8. The number of pyridine rings is 1. The number of H-pyrrole nitrogens is 1. The Morgan fingerprint density at radius 1 is 0.957 bits per heavy atom. The Morgan fingerprint density at radius 2 is 1.78 bits per heavy atom. The number of fused-ring (bicyclic) bond motifs is 4. The van der Waals surface area contributed by atoms with Gasteiger partial charge in [0.15, 0.2) is 11.4 Å². The number of carbonyl (C=O) groups is 1. The van der Waals surface area contributed by atoms with Crippen LogP contribution in [0.1, 0.15) is 66.1 Å². The highest BCUT2D eigenvalue weighted by Crippen LogP contribution is 2.54. The summed E-state index contributed by atoms with van der Waals surface area (Å²) < 4.78 is 54.7.